The van der Waals surface area contributed by atoms with Gasteiger partial charge in [-0.2, -0.15) is 0 Å². The lowest BCUT2D eigenvalue weighted by Gasteiger charge is -2.40. The highest BCUT2D eigenvalue weighted by molar-refractivity contribution is 5.82. The number of carbonyl (C=O) groups is 2. The van der Waals surface area contributed by atoms with Crippen LogP contribution in [0.1, 0.15) is 78.1 Å². The van der Waals surface area contributed by atoms with E-state index in [1.807, 2.05) is 18.7 Å². The van der Waals surface area contributed by atoms with Gasteiger partial charge in [0.25, 0.3) is 0 Å². The minimum atomic E-state index is 0.0274. The molecular weight excluding hydrogens is 300 g/mol. The van der Waals surface area contributed by atoms with E-state index in [9.17, 15) is 9.59 Å². The second-order valence-corrected chi connectivity index (χ2v) is 8.40. The number of carbonyl (C=O) groups excluding carboxylic acids is 2. The number of hydrogen-bond acceptors (Lipinski definition) is 2. The summed E-state index contributed by atoms with van der Waals surface area (Å²) in [6, 6.07) is 0.938. The zero-order chi connectivity index (χ0) is 17.1. The lowest BCUT2D eigenvalue weighted by Crippen LogP contribution is -2.52. The smallest absolute Gasteiger partial charge is 0.227 e. The average molecular weight is 335 g/mol. The van der Waals surface area contributed by atoms with Gasteiger partial charge in [-0.3, -0.25) is 9.59 Å². The minimum absolute atomic E-state index is 0.0274. The average Bonchev–Trinajstić information content (AvgIpc) is 3.28. The number of nitrogens with zero attached hydrogens (tertiary/aromatic N) is 2. The van der Waals surface area contributed by atoms with Crippen LogP contribution in [-0.4, -0.2) is 46.8 Å². The topological polar surface area (TPSA) is 40.6 Å². The Morgan fingerprint density at radius 3 is 1.92 bits per heavy atom. The molecule has 0 aromatic carbocycles. The van der Waals surface area contributed by atoms with Gasteiger partial charge in [0.05, 0.1) is 5.92 Å². The lowest BCUT2D eigenvalue weighted by molar-refractivity contribution is -0.145. The number of piperidine rings is 1. The molecule has 0 aromatic heterocycles. The molecule has 2 aliphatic carbocycles. The summed E-state index contributed by atoms with van der Waals surface area (Å²) < 4.78 is 0. The summed E-state index contributed by atoms with van der Waals surface area (Å²) in [5.41, 5.74) is 0. The van der Waals surface area contributed by atoms with E-state index in [0.29, 0.717) is 24.5 Å². The van der Waals surface area contributed by atoms with Gasteiger partial charge in [-0.05, 0) is 38.5 Å². The van der Waals surface area contributed by atoms with Crippen molar-refractivity contribution in [2.24, 2.45) is 11.8 Å². The van der Waals surface area contributed by atoms with E-state index in [-0.39, 0.29) is 17.7 Å². The summed E-state index contributed by atoms with van der Waals surface area (Å²) in [5, 5.41) is 0. The van der Waals surface area contributed by atoms with Gasteiger partial charge in [-0.1, -0.05) is 39.5 Å². The molecule has 2 amide bonds. The Balaban J connectivity index is 1.70. The predicted octanol–water partition coefficient (Wildman–Crippen LogP) is 3.59. The van der Waals surface area contributed by atoms with Crippen LogP contribution in [0.25, 0.3) is 0 Å². The van der Waals surface area contributed by atoms with E-state index >= 15 is 0 Å². The van der Waals surface area contributed by atoms with Gasteiger partial charge in [0.15, 0.2) is 0 Å². The Labute approximate surface area is 146 Å². The molecular formula is C20H34N2O2. The molecule has 3 aliphatic rings. The van der Waals surface area contributed by atoms with Gasteiger partial charge in [0, 0.05) is 31.1 Å². The van der Waals surface area contributed by atoms with Crippen LogP contribution in [0.4, 0.5) is 0 Å². The molecule has 0 N–H and O–H groups in total. The number of amides is 2. The van der Waals surface area contributed by atoms with Crippen molar-refractivity contribution in [1.82, 2.24) is 9.80 Å². The molecule has 24 heavy (non-hydrogen) atoms. The van der Waals surface area contributed by atoms with Crippen molar-refractivity contribution in [3.63, 3.8) is 0 Å². The molecule has 3 fully saturated rings. The molecule has 4 nitrogen and oxygen atoms in total. The van der Waals surface area contributed by atoms with E-state index in [1.165, 1.54) is 51.4 Å². The van der Waals surface area contributed by atoms with Crippen molar-refractivity contribution in [3.8, 4) is 0 Å². The minimum Gasteiger partial charge on any atom is -0.342 e. The van der Waals surface area contributed by atoms with Crippen molar-refractivity contribution in [1.29, 1.82) is 0 Å². The summed E-state index contributed by atoms with van der Waals surface area (Å²) in [6.07, 6.45) is 11.7. The molecule has 1 saturated heterocycles. The van der Waals surface area contributed by atoms with E-state index in [4.69, 9.17) is 0 Å². The molecule has 1 aliphatic heterocycles. The monoisotopic (exact) mass is 334 g/mol. The third-order valence-electron chi connectivity index (χ3n) is 6.27. The fraction of sp³-hybridized carbons (Fsp3) is 0.900. The number of likely N-dealkylation sites (tertiary alicyclic amines) is 1. The van der Waals surface area contributed by atoms with Crippen LogP contribution in [0.15, 0.2) is 0 Å². The van der Waals surface area contributed by atoms with Crippen LogP contribution >= 0.6 is 0 Å². The van der Waals surface area contributed by atoms with Gasteiger partial charge in [-0.15, -0.1) is 0 Å². The van der Waals surface area contributed by atoms with Crippen LogP contribution in [-0.2, 0) is 9.59 Å². The highest BCUT2D eigenvalue weighted by Gasteiger charge is 2.39. The zero-order valence-corrected chi connectivity index (χ0v) is 15.5. The van der Waals surface area contributed by atoms with Crippen LogP contribution in [0.5, 0.6) is 0 Å². The molecule has 0 radical (unpaired) electrons. The molecule has 0 spiro atoms. The summed E-state index contributed by atoms with van der Waals surface area (Å²) in [7, 11) is 0. The Kier molecular flexibility index (Phi) is 5.83. The van der Waals surface area contributed by atoms with Crippen LogP contribution in [0.2, 0.25) is 0 Å². The molecule has 0 bridgehead atoms. The molecule has 0 aromatic rings. The third kappa shape index (κ3) is 3.78. The molecule has 4 heteroatoms. The van der Waals surface area contributed by atoms with E-state index in [0.717, 1.165) is 19.4 Å². The summed E-state index contributed by atoms with van der Waals surface area (Å²) in [5.74, 6) is 0.623. The first-order chi connectivity index (χ1) is 11.6. The Morgan fingerprint density at radius 1 is 0.875 bits per heavy atom. The van der Waals surface area contributed by atoms with Crippen molar-refractivity contribution < 1.29 is 9.59 Å². The Bertz CT molecular complexity index is 435. The first-order valence-corrected chi connectivity index (χ1v) is 10.2. The first kappa shape index (κ1) is 17.8. The van der Waals surface area contributed by atoms with E-state index in [1.54, 1.807) is 0 Å². The quantitative estimate of drug-likeness (QED) is 0.788. The van der Waals surface area contributed by atoms with E-state index < -0.39 is 0 Å². The van der Waals surface area contributed by atoms with Crippen LogP contribution < -0.4 is 0 Å². The SMILES string of the molecule is CC(C)C(=O)N1CCCC(C(=O)N(C2CCCC2)C2CCCC2)C1. The van der Waals surface area contributed by atoms with Gasteiger partial charge in [0.2, 0.25) is 11.8 Å². The zero-order valence-electron chi connectivity index (χ0n) is 15.5. The largest absolute Gasteiger partial charge is 0.342 e. The summed E-state index contributed by atoms with van der Waals surface area (Å²) >= 11 is 0. The molecule has 1 heterocycles. The van der Waals surface area contributed by atoms with E-state index in [2.05, 4.69) is 4.90 Å². The maximum Gasteiger partial charge on any atom is 0.227 e. The van der Waals surface area contributed by atoms with Gasteiger partial charge >= 0.3 is 0 Å². The molecule has 1 atom stereocenters. The molecule has 136 valence electrons. The maximum atomic E-state index is 13.4. The molecule has 3 rings (SSSR count). The van der Waals surface area contributed by atoms with Crippen molar-refractivity contribution >= 4 is 11.8 Å². The second-order valence-electron chi connectivity index (χ2n) is 8.40. The number of rotatable bonds is 4. The Morgan fingerprint density at radius 2 is 1.42 bits per heavy atom. The van der Waals surface area contributed by atoms with Gasteiger partial charge < -0.3 is 9.80 Å². The van der Waals surface area contributed by atoms with Crippen LogP contribution in [0, 0.1) is 11.8 Å². The molecule has 1 unspecified atom stereocenters. The third-order valence-corrected chi connectivity index (χ3v) is 6.27. The standard InChI is InChI=1S/C20H34N2O2/c1-15(2)19(23)21-13-7-8-16(14-21)20(24)22(17-9-3-4-10-17)18-11-5-6-12-18/h15-18H,3-14H2,1-2H3. The van der Waals surface area contributed by atoms with Crippen molar-refractivity contribution in [2.45, 2.75) is 90.1 Å². The summed E-state index contributed by atoms with van der Waals surface area (Å²) in [6.45, 7) is 5.38. The highest BCUT2D eigenvalue weighted by Crippen LogP contribution is 2.34. The molecule has 2 saturated carbocycles. The van der Waals surface area contributed by atoms with Crippen LogP contribution in [0.3, 0.4) is 0 Å². The fourth-order valence-electron chi connectivity index (χ4n) is 4.98. The van der Waals surface area contributed by atoms with Gasteiger partial charge in [-0.25, -0.2) is 0 Å². The normalized spacial score (nSPS) is 26.3. The van der Waals surface area contributed by atoms with Crippen molar-refractivity contribution in [3.05, 3.63) is 0 Å². The maximum absolute atomic E-state index is 13.4. The lowest BCUT2D eigenvalue weighted by atomic mass is 9.93. The van der Waals surface area contributed by atoms with Crippen molar-refractivity contribution in [2.75, 3.05) is 13.1 Å². The predicted molar refractivity (Wildman–Crippen MR) is 95.5 cm³/mol. The summed E-state index contributed by atoms with van der Waals surface area (Å²) in [4.78, 5) is 30.0. The van der Waals surface area contributed by atoms with Gasteiger partial charge in [0.1, 0.15) is 0 Å². The number of hydrogen-bond donors (Lipinski definition) is 0. The first-order valence-electron chi connectivity index (χ1n) is 10.2. The fourth-order valence-corrected chi connectivity index (χ4v) is 4.98. The Hall–Kier alpha value is -1.06. The second kappa shape index (κ2) is 7.88. The highest BCUT2D eigenvalue weighted by atomic mass is 16.2.